The van der Waals surface area contributed by atoms with E-state index >= 15 is 0 Å². The molecule has 0 saturated carbocycles. The Morgan fingerprint density at radius 2 is 1.24 bits per heavy atom. The molecule has 3 rings (SSSR count). The summed E-state index contributed by atoms with van der Waals surface area (Å²) in [6.45, 7) is 3.72. The summed E-state index contributed by atoms with van der Waals surface area (Å²) in [5, 5.41) is 12.4. The van der Waals surface area contributed by atoms with Gasteiger partial charge in [0, 0.05) is 5.69 Å². The van der Waals surface area contributed by atoms with E-state index in [2.05, 4.69) is 5.32 Å². The maximum Gasteiger partial charge on any atom is 0.349 e. The van der Waals surface area contributed by atoms with E-state index in [0.717, 1.165) is 11.1 Å². The van der Waals surface area contributed by atoms with Crippen molar-refractivity contribution >= 4 is 29.5 Å². The van der Waals surface area contributed by atoms with Gasteiger partial charge in [-0.05, 0) is 73.5 Å². The average molecular weight is 522 g/mol. The number of ether oxygens (including phenoxy) is 4. The number of aryl methyl sites for hydroxylation is 2. The van der Waals surface area contributed by atoms with Gasteiger partial charge in [0.2, 0.25) is 12.2 Å². The molecule has 0 aliphatic rings. The third kappa shape index (κ3) is 6.88. The standard InChI is InChI=1S/C28H27NO9/c1-16-11-12-20(13-17(16)2)29-25(30)23(37-27(33)18-7-5-9-21(14-18)35-3)24(26(31)32)38-28(34)19-8-6-10-22(15-19)36-4/h5-15,23-24H,1-4H3,(H,29,30)(H,31,32)/t23-,24-/m1/s1. The van der Waals surface area contributed by atoms with Gasteiger partial charge in [-0.25, -0.2) is 14.4 Å². The lowest BCUT2D eigenvalue weighted by Crippen LogP contribution is -2.48. The Kier molecular flexibility index (Phi) is 9.04. The van der Waals surface area contributed by atoms with Gasteiger partial charge >= 0.3 is 17.9 Å². The van der Waals surface area contributed by atoms with Crippen LogP contribution in [0.1, 0.15) is 31.8 Å². The third-order valence-electron chi connectivity index (χ3n) is 5.63. The summed E-state index contributed by atoms with van der Waals surface area (Å²) >= 11 is 0. The first-order valence-corrected chi connectivity index (χ1v) is 11.4. The molecule has 0 saturated heterocycles. The topological polar surface area (TPSA) is 137 Å². The van der Waals surface area contributed by atoms with E-state index in [9.17, 15) is 24.3 Å². The molecule has 3 aromatic rings. The zero-order valence-corrected chi connectivity index (χ0v) is 21.2. The fourth-order valence-corrected chi connectivity index (χ4v) is 3.39. The van der Waals surface area contributed by atoms with Gasteiger partial charge in [-0.1, -0.05) is 18.2 Å². The molecule has 0 aliphatic heterocycles. The monoisotopic (exact) mass is 521 g/mol. The summed E-state index contributed by atoms with van der Waals surface area (Å²) in [6, 6.07) is 16.8. The van der Waals surface area contributed by atoms with E-state index in [0.29, 0.717) is 17.2 Å². The van der Waals surface area contributed by atoms with Crippen LogP contribution in [0.15, 0.2) is 66.7 Å². The lowest BCUT2D eigenvalue weighted by atomic mass is 10.1. The van der Waals surface area contributed by atoms with Crippen LogP contribution in [-0.2, 0) is 19.1 Å². The third-order valence-corrected chi connectivity index (χ3v) is 5.63. The van der Waals surface area contributed by atoms with Crippen molar-refractivity contribution < 1.29 is 43.2 Å². The lowest BCUT2D eigenvalue weighted by molar-refractivity contribution is -0.157. The van der Waals surface area contributed by atoms with E-state index in [1.54, 1.807) is 30.3 Å². The zero-order chi connectivity index (χ0) is 27.8. The molecule has 0 aliphatic carbocycles. The zero-order valence-electron chi connectivity index (χ0n) is 21.2. The van der Waals surface area contributed by atoms with Crippen LogP contribution < -0.4 is 14.8 Å². The molecule has 2 atom stereocenters. The summed E-state index contributed by atoms with van der Waals surface area (Å²) in [5.41, 5.74) is 2.15. The minimum atomic E-state index is -2.17. The van der Waals surface area contributed by atoms with Crippen molar-refractivity contribution in [3.05, 3.63) is 89.0 Å². The fraction of sp³-hybridized carbons (Fsp3) is 0.214. The second kappa shape index (κ2) is 12.4. The Morgan fingerprint density at radius 3 is 1.71 bits per heavy atom. The van der Waals surface area contributed by atoms with Gasteiger partial charge in [0.05, 0.1) is 25.3 Å². The number of carboxylic acids is 1. The minimum Gasteiger partial charge on any atom is -0.497 e. The molecule has 0 unspecified atom stereocenters. The van der Waals surface area contributed by atoms with Crippen molar-refractivity contribution in [3.63, 3.8) is 0 Å². The first-order chi connectivity index (χ1) is 18.1. The molecule has 0 radical (unpaired) electrons. The van der Waals surface area contributed by atoms with Crippen molar-refractivity contribution in [3.8, 4) is 11.5 Å². The first kappa shape index (κ1) is 27.7. The van der Waals surface area contributed by atoms with Crippen LogP contribution in [0.25, 0.3) is 0 Å². The van der Waals surface area contributed by atoms with E-state index in [1.807, 2.05) is 13.8 Å². The Bertz CT molecular complexity index is 1350. The number of benzene rings is 3. The van der Waals surface area contributed by atoms with Crippen molar-refractivity contribution in [1.29, 1.82) is 0 Å². The number of rotatable bonds is 10. The summed E-state index contributed by atoms with van der Waals surface area (Å²) < 4.78 is 20.7. The predicted molar refractivity (Wildman–Crippen MR) is 137 cm³/mol. The minimum absolute atomic E-state index is 0.00316. The number of carbonyl (C=O) groups excluding carboxylic acids is 3. The second-order valence-electron chi connectivity index (χ2n) is 8.24. The molecule has 0 aromatic heterocycles. The number of nitrogens with one attached hydrogen (secondary N) is 1. The van der Waals surface area contributed by atoms with Gasteiger partial charge in [-0.15, -0.1) is 0 Å². The largest absolute Gasteiger partial charge is 0.497 e. The Morgan fingerprint density at radius 1 is 0.711 bits per heavy atom. The van der Waals surface area contributed by atoms with Gasteiger partial charge in [0.15, 0.2) is 0 Å². The first-order valence-electron chi connectivity index (χ1n) is 11.4. The smallest absolute Gasteiger partial charge is 0.349 e. The van der Waals surface area contributed by atoms with Gasteiger partial charge in [-0.3, -0.25) is 4.79 Å². The van der Waals surface area contributed by atoms with Crippen LogP contribution in [0.4, 0.5) is 5.69 Å². The van der Waals surface area contributed by atoms with Crippen LogP contribution in [-0.4, -0.2) is 55.3 Å². The van der Waals surface area contributed by atoms with Gasteiger partial charge in [-0.2, -0.15) is 0 Å². The predicted octanol–water partition coefficient (Wildman–Crippen LogP) is 3.79. The number of anilines is 1. The molecule has 1 amide bonds. The number of hydrogen-bond acceptors (Lipinski definition) is 8. The number of carboxylic acid groups (broad SMARTS) is 1. The molecular weight excluding hydrogens is 494 g/mol. The molecule has 198 valence electrons. The number of aliphatic carboxylic acids is 1. The molecule has 2 N–H and O–H groups in total. The molecule has 38 heavy (non-hydrogen) atoms. The maximum absolute atomic E-state index is 13.3. The Labute approximate surface area is 219 Å². The number of esters is 2. The van der Waals surface area contributed by atoms with Crippen LogP contribution in [0.5, 0.6) is 11.5 Å². The Balaban J connectivity index is 1.94. The van der Waals surface area contributed by atoms with Crippen LogP contribution in [0.2, 0.25) is 0 Å². The number of amides is 1. The molecule has 3 aromatic carbocycles. The molecule has 0 spiro atoms. The molecule has 0 bridgehead atoms. The molecular formula is C28H27NO9. The highest BCUT2D eigenvalue weighted by Crippen LogP contribution is 2.20. The van der Waals surface area contributed by atoms with Crippen LogP contribution in [0, 0.1) is 13.8 Å². The molecule has 10 nitrogen and oxygen atoms in total. The van der Waals surface area contributed by atoms with Crippen molar-refractivity contribution in [1.82, 2.24) is 0 Å². The number of carbonyl (C=O) groups is 4. The quantitative estimate of drug-likeness (QED) is 0.382. The van der Waals surface area contributed by atoms with Crippen molar-refractivity contribution in [2.45, 2.75) is 26.1 Å². The number of hydrogen-bond donors (Lipinski definition) is 2. The fourth-order valence-electron chi connectivity index (χ4n) is 3.39. The second-order valence-corrected chi connectivity index (χ2v) is 8.24. The SMILES string of the molecule is COc1cccc(C(=O)O[C@@H](C(=O)O)[C@@H](OC(=O)c2cccc(OC)c2)C(=O)Nc2ccc(C)c(C)c2)c1. The molecule has 0 fully saturated rings. The molecule has 0 heterocycles. The van der Waals surface area contributed by atoms with E-state index < -0.39 is 36.0 Å². The number of methoxy groups -OCH3 is 2. The van der Waals surface area contributed by atoms with Gasteiger partial charge in [0.25, 0.3) is 5.91 Å². The van der Waals surface area contributed by atoms with E-state index in [1.165, 1.54) is 50.6 Å². The lowest BCUT2D eigenvalue weighted by Gasteiger charge is -2.24. The van der Waals surface area contributed by atoms with E-state index in [-0.39, 0.29) is 11.1 Å². The summed E-state index contributed by atoms with van der Waals surface area (Å²) in [5.74, 6) is -4.10. The Hall–Kier alpha value is -4.86. The highest BCUT2D eigenvalue weighted by molar-refractivity contribution is 6.01. The summed E-state index contributed by atoms with van der Waals surface area (Å²) in [6.07, 6.45) is -4.21. The van der Waals surface area contributed by atoms with Crippen LogP contribution >= 0.6 is 0 Å². The van der Waals surface area contributed by atoms with Crippen molar-refractivity contribution in [2.24, 2.45) is 0 Å². The highest BCUT2D eigenvalue weighted by Gasteiger charge is 2.41. The van der Waals surface area contributed by atoms with E-state index in [4.69, 9.17) is 18.9 Å². The van der Waals surface area contributed by atoms with Gasteiger partial charge < -0.3 is 29.4 Å². The van der Waals surface area contributed by atoms with Crippen molar-refractivity contribution in [2.75, 3.05) is 19.5 Å². The van der Waals surface area contributed by atoms with Crippen LogP contribution in [0.3, 0.4) is 0 Å². The normalized spacial score (nSPS) is 12.0. The highest BCUT2D eigenvalue weighted by atomic mass is 16.6. The maximum atomic E-state index is 13.3. The van der Waals surface area contributed by atoms with Gasteiger partial charge in [0.1, 0.15) is 11.5 Å². The average Bonchev–Trinajstić information content (AvgIpc) is 2.92. The summed E-state index contributed by atoms with van der Waals surface area (Å²) in [4.78, 5) is 51.2. The molecule has 10 heteroatoms. The summed E-state index contributed by atoms with van der Waals surface area (Å²) in [7, 11) is 2.80.